The van der Waals surface area contributed by atoms with Crippen molar-refractivity contribution in [3.8, 4) is 0 Å². The van der Waals surface area contributed by atoms with Gasteiger partial charge >= 0.3 is 0 Å². The molecule has 0 bridgehead atoms. The first-order valence-electron chi connectivity index (χ1n) is 10.3. The molecule has 0 radical (unpaired) electrons. The fraction of sp³-hybridized carbons (Fsp3) is 0.381. The average molecular weight is 479 g/mol. The lowest BCUT2D eigenvalue weighted by Crippen LogP contribution is -2.51. The van der Waals surface area contributed by atoms with Crippen LogP contribution in [0.1, 0.15) is 6.42 Å². The molecule has 2 aromatic carbocycles. The summed E-state index contributed by atoms with van der Waals surface area (Å²) in [7, 11) is -3.67. The standard InChI is InChI=1S/C20H22N4O4.CH4O3S/c25-23(26)18-8-3-7-17-19(18)20(15-5-1-2-6-16(15)22-17)21-9-4-10-24(27)11-13-28-14-12-24;1-5(2,3)4/h1-3,5-8H,4,9-14H2,(H,21,22);1H3,(H,2,3,4). The molecule has 12 heteroatoms. The van der Waals surface area contributed by atoms with E-state index < -0.39 is 10.1 Å². The first-order valence-corrected chi connectivity index (χ1v) is 12.2. The lowest BCUT2D eigenvalue weighted by atomic mass is 10.1. The van der Waals surface area contributed by atoms with E-state index in [1.54, 1.807) is 12.1 Å². The van der Waals surface area contributed by atoms with Crippen molar-refractivity contribution >= 4 is 43.3 Å². The predicted octanol–water partition coefficient (Wildman–Crippen LogP) is 2.95. The Morgan fingerprint density at radius 3 is 2.45 bits per heavy atom. The van der Waals surface area contributed by atoms with Crippen LogP contribution in [0, 0.1) is 15.3 Å². The smallest absolute Gasteiger partial charge is 0.280 e. The molecular weight excluding hydrogens is 452 g/mol. The maximum atomic E-state index is 12.6. The number of nitrogens with zero attached hydrogens (tertiary/aromatic N) is 3. The van der Waals surface area contributed by atoms with Crippen LogP contribution in [0.5, 0.6) is 0 Å². The summed E-state index contributed by atoms with van der Waals surface area (Å²) in [6.07, 6.45) is 1.38. The van der Waals surface area contributed by atoms with Gasteiger partial charge in [0, 0.05) is 24.4 Å². The Hall–Kier alpha value is -2.90. The van der Waals surface area contributed by atoms with E-state index in [2.05, 4.69) is 10.3 Å². The number of anilines is 1. The van der Waals surface area contributed by atoms with E-state index in [1.807, 2.05) is 24.3 Å². The minimum Gasteiger partial charge on any atom is -0.633 e. The van der Waals surface area contributed by atoms with Crippen LogP contribution in [0.2, 0.25) is 0 Å². The van der Waals surface area contributed by atoms with E-state index in [0.717, 1.165) is 10.9 Å². The van der Waals surface area contributed by atoms with Crippen LogP contribution in [-0.4, -0.2) is 73.2 Å². The molecule has 0 saturated carbocycles. The zero-order valence-corrected chi connectivity index (χ0v) is 19.0. The number of pyridine rings is 1. The highest BCUT2D eigenvalue weighted by Crippen LogP contribution is 2.36. The van der Waals surface area contributed by atoms with Crippen molar-refractivity contribution in [2.24, 2.45) is 0 Å². The largest absolute Gasteiger partial charge is 0.633 e. The number of non-ortho nitro benzene ring substituents is 1. The lowest BCUT2D eigenvalue weighted by Gasteiger charge is -2.45. The Morgan fingerprint density at radius 1 is 1.15 bits per heavy atom. The number of quaternary nitrogens is 1. The summed E-state index contributed by atoms with van der Waals surface area (Å²) in [6.45, 7) is 3.02. The van der Waals surface area contributed by atoms with Gasteiger partial charge in [-0.3, -0.25) is 14.7 Å². The van der Waals surface area contributed by atoms with Gasteiger partial charge in [-0.15, -0.1) is 0 Å². The van der Waals surface area contributed by atoms with E-state index in [9.17, 15) is 23.7 Å². The number of hydrogen-bond acceptors (Lipinski definition) is 8. The number of nitro benzene ring substituents is 1. The zero-order valence-electron chi connectivity index (χ0n) is 18.1. The highest BCUT2D eigenvalue weighted by atomic mass is 32.2. The first-order chi connectivity index (χ1) is 15.6. The fourth-order valence-electron chi connectivity index (χ4n) is 3.74. The number of para-hydroxylation sites is 1. The van der Waals surface area contributed by atoms with Crippen molar-refractivity contribution in [2.45, 2.75) is 6.42 Å². The summed E-state index contributed by atoms with van der Waals surface area (Å²) >= 11 is 0. The number of aromatic nitrogens is 1. The van der Waals surface area contributed by atoms with E-state index >= 15 is 0 Å². The molecule has 0 atom stereocenters. The summed E-state index contributed by atoms with van der Waals surface area (Å²) in [5, 5.41) is 28.9. The first kappa shape index (κ1) is 24.7. The minimum atomic E-state index is -3.67. The van der Waals surface area contributed by atoms with Gasteiger partial charge in [0.05, 0.1) is 47.7 Å². The third kappa shape index (κ3) is 6.79. The molecule has 1 saturated heterocycles. The third-order valence-corrected chi connectivity index (χ3v) is 5.21. The number of hydroxylamine groups is 3. The third-order valence-electron chi connectivity index (χ3n) is 5.21. The van der Waals surface area contributed by atoms with Gasteiger partial charge in [-0.2, -0.15) is 8.42 Å². The van der Waals surface area contributed by atoms with Crippen LogP contribution in [0.25, 0.3) is 21.8 Å². The maximum Gasteiger partial charge on any atom is 0.280 e. The molecular formula is C21H26N4O7S. The van der Waals surface area contributed by atoms with Crippen LogP contribution in [0.4, 0.5) is 11.4 Å². The monoisotopic (exact) mass is 478 g/mol. The van der Waals surface area contributed by atoms with E-state index in [4.69, 9.17) is 9.29 Å². The number of ether oxygens (including phenoxy) is 1. The normalized spacial score (nSPS) is 15.6. The van der Waals surface area contributed by atoms with Gasteiger partial charge in [0.15, 0.2) is 0 Å². The Labute approximate surface area is 191 Å². The average Bonchev–Trinajstić information content (AvgIpc) is 2.74. The van der Waals surface area contributed by atoms with Gasteiger partial charge in [0.25, 0.3) is 15.8 Å². The van der Waals surface area contributed by atoms with Crippen LogP contribution in [-0.2, 0) is 14.9 Å². The Kier molecular flexibility index (Phi) is 7.76. The summed E-state index contributed by atoms with van der Waals surface area (Å²) in [5.74, 6) is 0. The van der Waals surface area contributed by atoms with Gasteiger partial charge in [-0.1, -0.05) is 24.3 Å². The van der Waals surface area contributed by atoms with Crippen molar-refractivity contribution in [1.29, 1.82) is 0 Å². The number of nitrogens with one attached hydrogen (secondary N) is 1. The molecule has 178 valence electrons. The van der Waals surface area contributed by atoms with E-state index in [-0.39, 0.29) is 15.3 Å². The lowest BCUT2D eigenvalue weighted by molar-refractivity contribution is -0.888. The molecule has 0 amide bonds. The van der Waals surface area contributed by atoms with Gasteiger partial charge in [-0.25, -0.2) is 4.98 Å². The van der Waals surface area contributed by atoms with Crippen molar-refractivity contribution < 1.29 is 27.3 Å². The molecule has 1 aliphatic rings. The van der Waals surface area contributed by atoms with Crippen molar-refractivity contribution in [3.63, 3.8) is 0 Å². The summed E-state index contributed by atoms with van der Waals surface area (Å²) < 4.78 is 30.9. The van der Waals surface area contributed by atoms with Gasteiger partial charge < -0.3 is 19.9 Å². The Balaban J connectivity index is 0.000000555. The van der Waals surface area contributed by atoms with Crippen molar-refractivity contribution in [2.75, 3.05) is 51.0 Å². The summed E-state index contributed by atoms with van der Waals surface area (Å²) in [4.78, 5) is 15.8. The molecule has 0 spiro atoms. The number of rotatable bonds is 6. The highest BCUT2D eigenvalue weighted by Gasteiger charge is 2.21. The van der Waals surface area contributed by atoms with Crippen LogP contribution in [0.3, 0.4) is 0 Å². The van der Waals surface area contributed by atoms with E-state index in [1.165, 1.54) is 6.07 Å². The minimum absolute atomic E-state index is 0.0266. The zero-order chi connectivity index (χ0) is 24.1. The van der Waals surface area contributed by atoms with Gasteiger partial charge in [0.2, 0.25) is 0 Å². The molecule has 2 heterocycles. The SMILES string of the molecule is CS(=O)(=O)O.O=[N+]([O-])c1cccc2nc3ccccc3c(NCCC[N+]3([O-])CCOCC3)c12. The molecule has 1 fully saturated rings. The maximum absolute atomic E-state index is 12.6. The van der Waals surface area contributed by atoms with Crippen molar-refractivity contribution in [3.05, 3.63) is 57.8 Å². The molecule has 1 aromatic heterocycles. The van der Waals surface area contributed by atoms with Crippen LogP contribution >= 0.6 is 0 Å². The molecule has 0 aliphatic carbocycles. The number of hydrogen-bond donors (Lipinski definition) is 2. The van der Waals surface area contributed by atoms with E-state index in [0.29, 0.717) is 68.7 Å². The number of benzene rings is 2. The number of nitro groups is 1. The van der Waals surface area contributed by atoms with Gasteiger partial charge in [0.1, 0.15) is 18.5 Å². The summed E-state index contributed by atoms with van der Waals surface area (Å²) in [5.41, 5.74) is 2.08. The molecule has 2 N–H and O–H groups in total. The Morgan fingerprint density at radius 2 is 1.79 bits per heavy atom. The highest BCUT2D eigenvalue weighted by molar-refractivity contribution is 7.85. The quantitative estimate of drug-likeness (QED) is 0.103. The molecule has 3 aromatic rings. The van der Waals surface area contributed by atoms with Crippen LogP contribution in [0.15, 0.2) is 42.5 Å². The molecule has 33 heavy (non-hydrogen) atoms. The second kappa shape index (κ2) is 10.4. The van der Waals surface area contributed by atoms with Crippen LogP contribution < -0.4 is 5.32 Å². The van der Waals surface area contributed by atoms with Crippen molar-refractivity contribution in [1.82, 2.24) is 4.98 Å². The molecule has 1 aliphatic heterocycles. The topological polar surface area (TPSA) is 155 Å². The molecule has 0 unspecified atom stereocenters. The fourth-order valence-corrected chi connectivity index (χ4v) is 3.74. The van der Waals surface area contributed by atoms with Gasteiger partial charge in [-0.05, 0) is 12.1 Å². The second-order valence-corrected chi connectivity index (χ2v) is 9.25. The number of morpholine rings is 1. The predicted molar refractivity (Wildman–Crippen MR) is 126 cm³/mol. The summed E-state index contributed by atoms with van der Waals surface area (Å²) in [6, 6.07) is 12.5. The number of fused-ring (bicyclic) bond motifs is 2. The second-order valence-electron chi connectivity index (χ2n) is 7.79. The molecule has 4 rings (SSSR count). The Bertz CT molecular complexity index is 1240. The molecule has 11 nitrogen and oxygen atoms in total.